The number of hydrogen-bond acceptors (Lipinski definition) is 6. The predicted octanol–water partition coefficient (Wildman–Crippen LogP) is 2.35. The van der Waals surface area contributed by atoms with Crippen molar-refractivity contribution in [2.75, 3.05) is 0 Å². The van der Waals surface area contributed by atoms with Gasteiger partial charge >= 0.3 is 0 Å². The summed E-state index contributed by atoms with van der Waals surface area (Å²) in [6, 6.07) is 1.16. The normalized spacial score (nSPS) is 13.6. The van der Waals surface area contributed by atoms with Crippen LogP contribution >= 0.6 is 22.7 Å². The van der Waals surface area contributed by atoms with E-state index in [0.29, 0.717) is 4.88 Å². The highest BCUT2D eigenvalue weighted by molar-refractivity contribution is 7.89. The highest BCUT2D eigenvalue weighted by Crippen LogP contribution is 2.27. The van der Waals surface area contributed by atoms with Crippen molar-refractivity contribution in [3.8, 4) is 0 Å². The topological polar surface area (TPSA) is 79.3 Å². The van der Waals surface area contributed by atoms with Gasteiger partial charge < -0.3 is 5.11 Å². The SMILES string of the molecule is Cc1nc(C)c(C(C)NS(=O)(=O)c2csc(CO)c2)s1. The maximum absolute atomic E-state index is 12.3. The first-order valence-electron chi connectivity index (χ1n) is 5.98. The molecule has 2 heterocycles. The first kappa shape index (κ1) is 15.6. The van der Waals surface area contributed by atoms with E-state index in [4.69, 9.17) is 5.11 Å². The Hall–Kier alpha value is -0.800. The van der Waals surface area contributed by atoms with Crippen LogP contribution in [0.3, 0.4) is 0 Å². The number of thiophene rings is 1. The Bertz CT molecular complexity index is 703. The van der Waals surface area contributed by atoms with E-state index in [1.165, 1.54) is 34.1 Å². The fourth-order valence-electron chi connectivity index (χ4n) is 1.89. The summed E-state index contributed by atoms with van der Waals surface area (Å²) in [6.45, 7) is 5.42. The lowest BCUT2D eigenvalue weighted by molar-refractivity contribution is 0.285. The summed E-state index contributed by atoms with van der Waals surface area (Å²) in [5, 5.41) is 11.5. The minimum absolute atomic E-state index is 0.150. The number of rotatable bonds is 5. The monoisotopic (exact) mass is 332 g/mol. The number of sulfonamides is 1. The Kier molecular flexibility index (Phi) is 4.60. The molecule has 5 nitrogen and oxygen atoms in total. The fourth-order valence-corrected chi connectivity index (χ4v) is 5.24. The lowest BCUT2D eigenvalue weighted by atomic mass is 10.2. The van der Waals surface area contributed by atoms with Gasteiger partial charge in [-0.15, -0.1) is 22.7 Å². The molecule has 1 unspecified atom stereocenters. The fraction of sp³-hybridized carbons (Fsp3) is 0.417. The molecule has 2 aromatic heterocycles. The molecule has 0 radical (unpaired) electrons. The summed E-state index contributed by atoms with van der Waals surface area (Å²) in [4.78, 5) is 6.04. The Morgan fingerprint density at radius 2 is 2.15 bits per heavy atom. The van der Waals surface area contributed by atoms with Crippen LogP contribution < -0.4 is 4.72 Å². The molecule has 110 valence electrons. The van der Waals surface area contributed by atoms with E-state index in [1.54, 1.807) is 6.92 Å². The molecule has 1 atom stereocenters. The molecule has 2 N–H and O–H groups in total. The van der Waals surface area contributed by atoms with Crippen LogP contribution in [0.2, 0.25) is 0 Å². The molecule has 2 rings (SSSR count). The molecular formula is C12H16N2O3S3. The third kappa shape index (κ3) is 3.26. The smallest absolute Gasteiger partial charge is 0.241 e. The standard InChI is InChI=1S/C12H16N2O3S3/c1-7-12(19-9(3)13-7)8(2)14-20(16,17)11-4-10(5-15)18-6-11/h4,6,8,14-15H,5H2,1-3H3. The number of nitrogens with zero attached hydrogens (tertiary/aromatic N) is 1. The summed E-state index contributed by atoms with van der Waals surface area (Å²) >= 11 is 2.72. The molecule has 0 aliphatic heterocycles. The van der Waals surface area contributed by atoms with Crippen molar-refractivity contribution in [3.63, 3.8) is 0 Å². The number of aliphatic hydroxyl groups is 1. The van der Waals surface area contributed by atoms with Crippen molar-refractivity contribution in [1.29, 1.82) is 0 Å². The van der Waals surface area contributed by atoms with Gasteiger partial charge in [0.25, 0.3) is 0 Å². The van der Waals surface area contributed by atoms with Crippen molar-refractivity contribution in [1.82, 2.24) is 9.71 Å². The number of aryl methyl sites for hydroxylation is 2. The highest BCUT2D eigenvalue weighted by Gasteiger charge is 2.22. The molecular weight excluding hydrogens is 316 g/mol. The van der Waals surface area contributed by atoms with Gasteiger partial charge in [0.1, 0.15) is 0 Å². The van der Waals surface area contributed by atoms with Crippen molar-refractivity contribution in [2.24, 2.45) is 0 Å². The van der Waals surface area contributed by atoms with E-state index >= 15 is 0 Å². The van der Waals surface area contributed by atoms with Gasteiger partial charge in [-0.3, -0.25) is 0 Å². The predicted molar refractivity (Wildman–Crippen MR) is 80.6 cm³/mol. The molecule has 0 aromatic carbocycles. The van der Waals surface area contributed by atoms with Crippen LogP contribution in [0.5, 0.6) is 0 Å². The molecule has 0 bridgehead atoms. The van der Waals surface area contributed by atoms with Gasteiger partial charge in [0.2, 0.25) is 10.0 Å². The van der Waals surface area contributed by atoms with Crippen LogP contribution in [0.25, 0.3) is 0 Å². The molecule has 0 spiro atoms. The average molecular weight is 332 g/mol. The van der Waals surface area contributed by atoms with Gasteiger partial charge in [0.05, 0.1) is 28.2 Å². The largest absolute Gasteiger partial charge is 0.391 e. The van der Waals surface area contributed by atoms with Crippen LogP contribution in [0, 0.1) is 13.8 Å². The molecule has 2 aromatic rings. The Balaban J connectivity index is 2.21. The Labute approximate surface area is 126 Å². The molecule has 20 heavy (non-hydrogen) atoms. The summed E-state index contributed by atoms with van der Waals surface area (Å²) in [5.74, 6) is 0. The zero-order valence-electron chi connectivity index (χ0n) is 11.4. The molecule has 8 heteroatoms. The maximum Gasteiger partial charge on any atom is 0.241 e. The van der Waals surface area contributed by atoms with E-state index in [-0.39, 0.29) is 17.5 Å². The van der Waals surface area contributed by atoms with Crippen molar-refractivity contribution in [3.05, 3.63) is 31.9 Å². The molecule has 0 fully saturated rings. The highest BCUT2D eigenvalue weighted by atomic mass is 32.2. The number of thiazole rings is 1. The number of aliphatic hydroxyl groups excluding tert-OH is 1. The molecule has 0 amide bonds. The average Bonchev–Trinajstić information content (AvgIpc) is 2.95. The van der Waals surface area contributed by atoms with Crippen LogP contribution in [-0.2, 0) is 16.6 Å². The lowest BCUT2D eigenvalue weighted by Gasteiger charge is -2.12. The number of aromatic nitrogens is 1. The van der Waals surface area contributed by atoms with Gasteiger partial charge in [-0.05, 0) is 26.8 Å². The van der Waals surface area contributed by atoms with E-state index in [9.17, 15) is 8.42 Å². The van der Waals surface area contributed by atoms with Crippen molar-refractivity contribution in [2.45, 2.75) is 38.3 Å². The van der Waals surface area contributed by atoms with Gasteiger partial charge in [-0.1, -0.05) is 0 Å². The van der Waals surface area contributed by atoms with Crippen LogP contribution in [0.15, 0.2) is 16.3 Å². The lowest BCUT2D eigenvalue weighted by Crippen LogP contribution is -2.26. The molecule has 0 saturated carbocycles. The molecule has 0 aliphatic carbocycles. The van der Waals surface area contributed by atoms with Crippen LogP contribution in [0.4, 0.5) is 0 Å². The first-order chi connectivity index (χ1) is 9.33. The van der Waals surface area contributed by atoms with Gasteiger partial charge in [-0.25, -0.2) is 18.1 Å². The summed E-state index contributed by atoms with van der Waals surface area (Å²) in [5.41, 5.74) is 0.851. The minimum atomic E-state index is -3.58. The van der Waals surface area contributed by atoms with Crippen LogP contribution in [0.1, 0.15) is 33.4 Å². The Morgan fingerprint density at radius 3 is 2.65 bits per heavy atom. The second-order valence-electron chi connectivity index (χ2n) is 4.43. The van der Waals surface area contributed by atoms with Crippen molar-refractivity contribution >= 4 is 32.7 Å². The van der Waals surface area contributed by atoms with E-state index < -0.39 is 10.0 Å². The van der Waals surface area contributed by atoms with Crippen molar-refractivity contribution < 1.29 is 13.5 Å². The summed E-state index contributed by atoms with van der Waals surface area (Å²) < 4.78 is 27.2. The molecule has 0 aliphatic rings. The van der Waals surface area contributed by atoms with Gasteiger partial charge in [0.15, 0.2) is 0 Å². The first-order valence-corrected chi connectivity index (χ1v) is 9.16. The van der Waals surface area contributed by atoms with Crippen LogP contribution in [-0.4, -0.2) is 18.5 Å². The summed E-state index contributed by atoms with van der Waals surface area (Å²) in [6.07, 6.45) is 0. The Morgan fingerprint density at radius 1 is 1.45 bits per heavy atom. The maximum atomic E-state index is 12.3. The zero-order valence-corrected chi connectivity index (χ0v) is 13.8. The third-order valence-corrected chi connectivity index (χ3v) is 6.61. The van der Waals surface area contributed by atoms with Gasteiger partial charge in [-0.2, -0.15) is 0 Å². The minimum Gasteiger partial charge on any atom is -0.391 e. The third-order valence-electron chi connectivity index (χ3n) is 2.76. The van der Waals surface area contributed by atoms with E-state index in [2.05, 4.69) is 9.71 Å². The zero-order chi connectivity index (χ0) is 14.9. The number of hydrogen-bond donors (Lipinski definition) is 2. The summed E-state index contributed by atoms with van der Waals surface area (Å²) in [7, 11) is -3.58. The van der Waals surface area contributed by atoms with E-state index in [0.717, 1.165) is 15.6 Å². The van der Waals surface area contributed by atoms with E-state index in [1.807, 2.05) is 13.8 Å². The molecule has 0 saturated heterocycles. The number of nitrogens with one attached hydrogen (secondary N) is 1. The quantitative estimate of drug-likeness (QED) is 0.881. The van der Waals surface area contributed by atoms with Gasteiger partial charge in [0, 0.05) is 15.1 Å². The second-order valence-corrected chi connectivity index (χ2v) is 8.38. The second kappa shape index (κ2) is 5.90.